The first-order valence-corrected chi connectivity index (χ1v) is 13.5. The number of benzene rings is 2. The minimum absolute atomic E-state index is 0.239. The number of carbonyl (C=O) groups excluding carboxylic acids is 1. The predicted molar refractivity (Wildman–Crippen MR) is 148 cm³/mol. The topological polar surface area (TPSA) is 50.6 Å². The molecule has 38 heavy (non-hydrogen) atoms. The standard InChI is InChI=1S/C25H27F3N4O2.C2H6.CH4S/c1-30(2)12-6-14-34-21-10-9-19-17-31(13-11-18(19)15-21)24(33)22-16-29-32(23(22)25(26,27)28)20-7-4-3-5-8-20;2*1-2/h3-5,7-10,15-16H,6,11-14,17H2,1-2H3;1-2H3;2H,1H3. The third-order valence-electron chi connectivity index (χ3n) is 5.76. The molecule has 208 valence electrons. The van der Waals surface area contributed by atoms with E-state index in [0.717, 1.165) is 40.7 Å². The van der Waals surface area contributed by atoms with Gasteiger partial charge in [-0.2, -0.15) is 30.9 Å². The van der Waals surface area contributed by atoms with Crippen LogP contribution in [0.1, 0.15) is 47.4 Å². The van der Waals surface area contributed by atoms with Gasteiger partial charge >= 0.3 is 6.18 Å². The fourth-order valence-electron chi connectivity index (χ4n) is 4.08. The highest BCUT2D eigenvalue weighted by Gasteiger charge is 2.41. The second-order valence-corrected chi connectivity index (χ2v) is 8.56. The van der Waals surface area contributed by atoms with E-state index < -0.39 is 23.3 Å². The van der Waals surface area contributed by atoms with Crippen molar-refractivity contribution in [3.63, 3.8) is 0 Å². The zero-order chi connectivity index (χ0) is 28.3. The van der Waals surface area contributed by atoms with E-state index in [-0.39, 0.29) is 12.2 Å². The first-order valence-electron chi connectivity index (χ1n) is 12.6. The molecule has 0 unspecified atom stereocenters. The number of ether oxygens (including phenoxy) is 1. The highest BCUT2D eigenvalue weighted by atomic mass is 32.1. The minimum atomic E-state index is -4.73. The number of fused-ring (bicyclic) bond motifs is 1. The lowest BCUT2D eigenvalue weighted by atomic mass is 9.98. The van der Waals surface area contributed by atoms with Crippen molar-refractivity contribution in [2.24, 2.45) is 0 Å². The van der Waals surface area contributed by atoms with Crippen LogP contribution in [-0.2, 0) is 19.1 Å². The quantitative estimate of drug-likeness (QED) is 0.290. The minimum Gasteiger partial charge on any atom is -0.494 e. The van der Waals surface area contributed by atoms with Crippen molar-refractivity contribution in [3.8, 4) is 11.4 Å². The van der Waals surface area contributed by atoms with Gasteiger partial charge in [0, 0.05) is 19.6 Å². The molecule has 2 heterocycles. The summed E-state index contributed by atoms with van der Waals surface area (Å²) in [5, 5.41) is 3.90. The molecule has 0 bridgehead atoms. The van der Waals surface area contributed by atoms with Gasteiger partial charge in [-0.3, -0.25) is 4.79 Å². The summed E-state index contributed by atoms with van der Waals surface area (Å²) >= 11 is 3.53. The van der Waals surface area contributed by atoms with Crippen molar-refractivity contribution in [3.05, 3.63) is 77.1 Å². The average Bonchev–Trinajstić information content (AvgIpc) is 3.39. The number of rotatable bonds is 7. The van der Waals surface area contributed by atoms with Crippen LogP contribution in [0.2, 0.25) is 0 Å². The molecule has 10 heteroatoms. The van der Waals surface area contributed by atoms with Crippen LogP contribution in [0.5, 0.6) is 5.75 Å². The molecule has 0 saturated carbocycles. The lowest BCUT2D eigenvalue weighted by molar-refractivity contribution is -0.143. The molecule has 3 aromatic rings. The third-order valence-corrected chi connectivity index (χ3v) is 5.76. The van der Waals surface area contributed by atoms with Gasteiger partial charge in [-0.15, -0.1) is 0 Å². The van der Waals surface area contributed by atoms with Gasteiger partial charge in [-0.05, 0) is 68.6 Å². The Kier molecular flexibility index (Phi) is 12.2. The lowest BCUT2D eigenvalue weighted by Gasteiger charge is -2.29. The van der Waals surface area contributed by atoms with E-state index in [1.54, 1.807) is 24.5 Å². The molecule has 0 fully saturated rings. The van der Waals surface area contributed by atoms with Crippen LogP contribution in [0.3, 0.4) is 0 Å². The Labute approximate surface area is 228 Å². The zero-order valence-corrected chi connectivity index (χ0v) is 23.5. The van der Waals surface area contributed by atoms with E-state index in [1.807, 2.05) is 46.1 Å². The Balaban J connectivity index is 0.00000121. The molecule has 0 N–H and O–H groups in total. The highest BCUT2D eigenvalue weighted by Crippen LogP contribution is 2.35. The molecule has 1 amide bonds. The first-order chi connectivity index (χ1) is 18.2. The molecule has 4 rings (SSSR count). The number of carbonyl (C=O) groups is 1. The maximum absolute atomic E-state index is 14.0. The van der Waals surface area contributed by atoms with Crippen molar-refractivity contribution in [1.82, 2.24) is 19.6 Å². The van der Waals surface area contributed by atoms with E-state index in [4.69, 9.17) is 4.74 Å². The van der Waals surface area contributed by atoms with E-state index in [2.05, 4.69) is 22.6 Å². The van der Waals surface area contributed by atoms with E-state index >= 15 is 0 Å². The van der Waals surface area contributed by atoms with Crippen molar-refractivity contribution >= 4 is 18.5 Å². The molecule has 2 aromatic carbocycles. The number of amides is 1. The van der Waals surface area contributed by atoms with Crippen LogP contribution < -0.4 is 4.74 Å². The van der Waals surface area contributed by atoms with Gasteiger partial charge in [0.2, 0.25) is 0 Å². The summed E-state index contributed by atoms with van der Waals surface area (Å²) in [7, 11) is 4.02. The molecular formula is C28H37F3N4O2S. The Bertz CT molecular complexity index is 1150. The predicted octanol–water partition coefficient (Wildman–Crippen LogP) is 5.99. The van der Waals surface area contributed by atoms with Crippen molar-refractivity contribution in [2.75, 3.05) is 40.0 Å². The van der Waals surface area contributed by atoms with Crippen LogP contribution in [0, 0.1) is 0 Å². The third kappa shape index (κ3) is 8.01. The monoisotopic (exact) mass is 550 g/mol. The molecular weight excluding hydrogens is 513 g/mol. The SMILES string of the molecule is CC.CN(C)CCCOc1ccc2c(c1)CCN(C(=O)c1cnn(-c3ccccc3)c1C(F)(F)F)C2.CS. The maximum Gasteiger partial charge on any atom is 0.434 e. The zero-order valence-electron chi connectivity index (χ0n) is 22.6. The summed E-state index contributed by atoms with van der Waals surface area (Å²) in [6.45, 7) is 6.10. The van der Waals surface area contributed by atoms with Crippen LogP contribution in [0.25, 0.3) is 5.69 Å². The van der Waals surface area contributed by atoms with Gasteiger partial charge in [0.15, 0.2) is 5.69 Å². The highest BCUT2D eigenvalue weighted by molar-refractivity contribution is 7.79. The summed E-state index contributed by atoms with van der Waals surface area (Å²) in [5.74, 6) is 0.0879. The van der Waals surface area contributed by atoms with Crippen molar-refractivity contribution < 1.29 is 22.7 Å². The van der Waals surface area contributed by atoms with E-state index in [0.29, 0.717) is 19.6 Å². The first kappa shape index (κ1) is 31.2. The largest absolute Gasteiger partial charge is 0.494 e. The molecule has 0 saturated heterocycles. The molecule has 1 aromatic heterocycles. The Morgan fingerprint density at radius 3 is 2.39 bits per heavy atom. The molecule has 0 spiro atoms. The van der Waals surface area contributed by atoms with Crippen LogP contribution >= 0.6 is 12.6 Å². The molecule has 0 atom stereocenters. The van der Waals surface area contributed by atoms with Crippen LogP contribution in [0.4, 0.5) is 13.2 Å². The molecule has 1 aliphatic rings. The van der Waals surface area contributed by atoms with Gasteiger partial charge in [-0.1, -0.05) is 38.1 Å². The number of para-hydroxylation sites is 1. The summed E-state index contributed by atoms with van der Waals surface area (Å²) in [5.41, 5.74) is 0.696. The number of halogens is 3. The molecule has 0 radical (unpaired) electrons. The second kappa shape index (κ2) is 14.8. The number of aromatic nitrogens is 2. The van der Waals surface area contributed by atoms with Gasteiger partial charge in [0.05, 0.1) is 24.1 Å². The van der Waals surface area contributed by atoms with Crippen molar-refractivity contribution in [1.29, 1.82) is 0 Å². The molecule has 1 aliphatic heterocycles. The second-order valence-electron chi connectivity index (χ2n) is 8.56. The van der Waals surface area contributed by atoms with Crippen LogP contribution in [-0.4, -0.2) is 65.5 Å². The van der Waals surface area contributed by atoms with Crippen molar-refractivity contribution in [2.45, 2.75) is 39.4 Å². The number of thiol groups is 1. The number of nitrogens with zero attached hydrogens (tertiary/aromatic N) is 4. The Morgan fingerprint density at radius 2 is 1.76 bits per heavy atom. The van der Waals surface area contributed by atoms with Gasteiger partial charge in [0.25, 0.3) is 5.91 Å². The summed E-state index contributed by atoms with van der Waals surface area (Å²) in [4.78, 5) is 16.7. The smallest absolute Gasteiger partial charge is 0.434 e. The van der Waals surface area contributed by atoms with E-state index in [9.17, 15) is 18.0 Å². The van der Waals surface area contributed by atoms with Crippen LogP contribution in [0.15, 0.2) is 54.7 Å². The number of hydrogen-bond donors (Lipinski definition) is 1. The summed E-state index contributed by atoms with van der Waals surface area (Å²) < 4.78 is 48.5. The summed E-state index contributed by atoms with van der Waals surface area (Å²) in [6.07, 6.45) is -0.573. The van der Waals surface area contributed by atoms with Gasteiger partial charge in [-0.25, -0.2) is 4.68 Å². The normalized spacial score (nSPS) is 12.6. The molecule has 0 aliphatic carbocycles. The summed E-state index contributed by atoms with van der Waals surface area (Å²) in [6, 6.07) is 13.7. The van der Waals surface area contributed by atoms with E-state index in [1.165, 1.54) is 17.0 Å². The fraction of sp³-hybridized carbons (Fsp3) is 0.429. The lowest BCUT2D eigenvalue weighted by Crippen LogP contribution is -2.37. The van der Waals surface area contributed by atoms with Gasteiger partial charge < -0.3 is 14.5 Å². The maximum atomic E-state index is 14.0. The average molecular weight is 551 g/mol. The Hall–Kier alpha value is -2.98. The van der Waals surface area contributed by atoms with Gasteiger partial charge in [0.1, 0.15) is 5.75 Å². The fourth-order valence-corrected chi connectivity index (χ4v) is 4.08. The number of hydrogen-bond acceptors (Lipinski definition) is 5. The number of alkyl halides is 3. The molecule has 6 nitrogen and oxygen atoms in total. The Morgan fingerprint density at radius 1 is 1.08 bits per heavy atom.